The molecule has 2 unspecified atom stereocenters. The summed E-state index contributed by atoms with van der Waals surface area (Å²) >= 11 is 0. The molecule has 2 atom stereocenters. The van der Waals surface area contributed by atoms with E-state index >= 15 is 0 Å². The van der Waals surface area contributed by atoms with Gasteiger partial charge in [-0.05, 0) is 48.4 Å². The lowest BCUT2D eigenvalue weighted by Gasteiger charge is -2.47. The van der Waals surface area contributed by atoms with E-state index in [2.05, 4.69) is 11.9 Å². The van der Waals surface area contributed by atoms with Crippen molar-refractivity contribution < 1.29 is 19.1 Å². The molecule has 0 spiro atoms. The molecule has 7 heteroatoms. The lowest BCUT2D eigenvalue weighted by Crippen LogP contribution is -2.54. The molecule has 2 aromatic carbocycles. The topological polar surface area (TPSA) is 62.3 Å². The summed E-state index contributed by atoms with van der Waals surface area (Å²) in [4.78, 5) is 33.5. The average Bonchev–Trinajstić information content (AvgIpc) is 2.83. The number of likely N-dealkylation sites (N-methyl/N-ethyl adjacent to an activating group) is 1. The summed E-state index contributed by atoms with van der Waals surface area (Å²) < 4.78 is 11.1. The van der Waals surface area contributed by atoms with E-state index in [0.29, 0.717) is 36.7 Å². The third-order valence-corrected chi connectivity index (χ3v) is 7.11. The van der Waals surface area contributed by atoms with Gasteiger partial charge in [0.15, 0.2) is 11.5 Å². The number of nitrogens with zero attached hydrogens (tertiary/aromatic N) is 3. The molecule has 3 heterocycles. The smallest absolute Gasteiger partial charge is 0.254 e. The molecule has 1 saturated heterocycles. The van der Waals surface area contributed by atoms with E-state index < -0.39 is 5.92 Å². The van der Waals surface area contributed by atoms with Crippen molar-refractivity contribution in [1.29, 1.82) is 0 Å². The van der Waals surface area contributed by atoms with Gasteiger partial charge in [0, 0.05) is 38.3 Å². The van der Waals surface area contributed by atoms with Gasteiger partial charge in [-0.15, -0.1) is 0 Å². The summed E-state index contributed by atoms with van der Waals surface area (Å²) in [6.07, 6.45) is 0.718. The fraction of sp³-hybridized carbons (Fsp3) is 0.440. The Morgan fingerprint density at radius 3 is 2.34 bits per heavy atom. The van der Waals surface area contributed by atoms with E-state index in [4.69, 9.17) is 9.47 Å². The molecule has 0 saturated carbocycles. The number of fused-ring (bicyclic) bond motifs is 4. The molecule has 7 nitrogen and oxygen atoms in total. The fourth-order valence-corrected chi connectivity index (χ4v) is 5.34. The molecule has 3 aliphatic rings. The molecule has 0 aromatic heterocycles. The summed E-state index contributed by atoms with van der Waals surface area (Å²) in [5.41, 5.74) is 3.54. The quantitative estimate of drug-likeness (QED) is 0.741. The van der Waals surface area contributed by atoms with Gasteiger partial charge in [0.05, 0.1) is 26.2 Å². The molecule has 5 rings (SSSR count). The van der Waals surface area contributed by atoms with Gasteiger partial charge >= 0.3 is 0 Å². The van der Waals surface area contributed by atoms with E-state index in [-0.39, 0.29) is 17.9 Å². The van der Waals surface area contributed by atoms with Gasteiger partial charge in [-0.2, -0.15) is 0 Å². The van der Waals surface area contributed by atoms with Crippen LogP contribution in [-0.4, -0.2) is 80.5 Å². The maximum atomic E-state index is 14.0. The second-order valence-corrected chi connectivity index (χ2v) is 8.79. The molecule has 0 N–H and O–H groups in total. The first-order valence-electron chi connectivity index (χ1n) is 11.2. The first kappa shape index (κ1) is 20.8. The molecule has 0 aliphatic carbocycles. The van der Waals surface area contributed by atoms with Crippen LogP contribution < -0.4 is 9.47 Å². The van der Waals surface area contributed by atoms with Gasteiger partial charge in [-0.3, -0.25) is 9.59 Å². The van der Waals surface area contributed by atoms with Crippen molar-refractivity contribution >= 4 is 11.8 Å². The maximum absolute atomic E-state index is 14.0. The highest BCUT2D eigenvalue weighted by atomic mass is 16.5. The first-order chi connectivity index (χ1) is 15.5. The Morgan fingerprint density at radius 2 is 1.62 bits per heavy atom. The minimum absolute atomic E-state index is 0.00605. The van der Waals surface area contributed by atoms with Gasteiger partial charge in [0.1, 0.15) is 0 Å². The van der Waals surface area contributed by atoms with Crippen molar-refractivity contribution in [3.8, 4) is 11.5 Å². The first-order valence-corrected chi connectivity index (χ1v) is 11.2. The lowest BCUT2D eigenvalue weighted by molar-refractivity contribution is -0.136. The van der Waals surface area contributed by atoms with Crippen LogP contribution in [0.5, 0.6) is 11.5 Å². The molecule has 0 bridgehead atoms. The van der Waals surface area contributed by atoms with E-state index in [1.54, 1.807) is 14.2 Å². The molecule has 0 radical (unpaired) electrons. The number of carbonyl (C=O) groups is 2. The normalized spacial score (nSPS) is 22.7. The molecule has 168 valence electrons. The second kappa shape index (κ2) is 8.13. The number of benzene rings is 2. The molecule has 2 amide bonds. The van der Waals surface area contributed by atoms with Gasteiger partial charge < -0.3 is 24.2 Å². The van der Waals surface area contributed by atoms with Crippen molar-refractivity contribution in [2.45, 2.75) is 18.4 Å². The number of amides is 2. The zero-order valence-corrected chi connectivity index (χ0v) is 18.8. The highest BCUT2D eigenvalue weighted by Gasteiger charge is 2.47. The summed E-state index contributed by atoms with van der Waals surface area (Å²) in [5.74, 6) is 0.933. The third-order valence-electron chi connectivity index (χ3n) is 7.11. The van der Waals surface area contributed by atoms with Gasteiger partial charge in [0.25, 0.3) is 5.91 Å². The van der Waals surface area contributed by atoms with Crippen LogP contribution in [0.15, 0.2) is 36.4 Å². The number of methoxy groups -OCH3 is 2. The van der Waals surface area contributed by atoms with Crippen LogP contribution in [0.1, 0.15) is 39.0 Å². The molecule has 2 aromatic rings. The Balaban J connectivity index is 1.65. The number of rotatable bonds is 3. The molecular formula is C25H29N3O4. The van der Waals surface area contributed by atoms with Gasteiger partial charge in [-0.1, -0.05) is 18.2 Å². The summed E-state index contributed by atoms with van der Waals surface area (Å²) in [6, 6.07) is 11.2. The zero-order chi connectivity index (χ0) is 22.4. The third kappa shape index (κ3) is 3.23. The summed E-state index contributed by atoms with van der Waals surface area (Å²) in [6.45, 7) is 3.69. The average molecular weight is 436 g/mol. The van der Waals surface area contributed by atoms with E-state index in [0.717, 1.165) is 36.2 Å². The van der Waals surface area contributed by atoms with Crippen molar-refractivity contribution in [3.05, 3.63) is 58.7 Å². The van der Waals surface area contributed by atoms with E-state index in [1.807, 2.05) is 46.2 Å². The lowest BCUT2D eigenvalue weighted by atomic mass is 9.75. The van der Waals surface area contributed by atoms with Crippen LogP contribution in [0.2, 0.25) is 0 Å². The van der Waals surface area contributed by atoms with Crippen LogP contribution in [0, 0.1) is 0 Å². The molecular weight excluding hydrogens is 406 g/mol. The number of ether oxygens (including phenoxy) is 2. The van der Waals surface area contributed by atoms with Crippen molar-refractivity contribution in [2.24, 2.45) is 0 Å². The number of hydrogen-bond acceptors (Lipinski definition) is 5. The van der Waals surface area contributed by atoms with E-state index in [1.165, 1.54) is 0 Å². The number of hydrogen-bond donors (Lipinski definition) is 0. The fourth-order valence-electron chi connectivity index (χ4n) is 5.34. The number of piperazine rings is 1. The van der Waals surface area contributed by atoms with Crippen LogP contribution in [0.4, 0.5) is 0 Å². The van der Waals surface area contributed by atoms with Crippen LogP contribution in [0.25, 0.3) is 0 Å². The predicted octanol–water partition coefficient (Wildman–Crippen LogP) is 2.31. The van der Waals surface area contributed by atoms with Crippen molar-refractivity contribution in [1.82, 2.24) is 14.7 Å². The van der Waals surface area contributed by atoms with Crippen LogP contribution >= 0.6 is 0 Å². The highest BCUT2D eigenvalue weighted by molar-refractivity contribution is 6.01. The highest BCUT2D eigenvalue weighted by Crippen LogP contribution is 2.48. The maximum Gasteiger partial charge on any atom is 0.254 e. The Kier molecular flexibility index (Phi) is 5.29. The largest absolute Gasteiger partial charge is 0.493 e. The summed E-state index contributed by atoms with van der Waals surface area (Å²) in [7, 11) is 5.31. The van der Waals surface area contributed by atoms with Gasteiger partial charge in [-0.25, -0.2) is 0 Å². The molecule has 32 heavy (non-hydrogen) atoms. The Labute approximate surface area is 188 Å². The SMILES string of the molecule is COc1cc2c(cc1OC)C1C(C(=O)N3CCN(C)CC3)c3ccccc3C(=O)N1CC2. The Hall–Kier alpha value is -3.06. The Morgan fingerprint density at radius 1 is 0.938 bits per heavy atom. The zero-order valence-electron chi connectivity index (χ0n) is 18.8. The van der Waals surface area contributed by atoms with Gasteiger partial charge in [0.2, 0.25) is 5.91 Å². The minimum Gasteiger partial charge on any atom is -0.493 e. The predicted molar refractivity (Wildman–Crippen MR) is 120 cm³/mol. The second-order valence-electron chi connectivity index (χ2n) is 8.79. The van der Waals surface area contributed by atoms with Crippen molar-refractivity contribution in [3.63, 3.8) is 0 Å². The number of carbonyl (C=O) groups excluding carboxylic acids is 2. The van der Waals surface area contributed by atoms with Crippen LogP contribution in [-0.2, 0) is 11.2 Å². The Bertz CT molecular complexity index is 1060. The van der Waals surface area contributed by atoms with Crippen LogP contribution in [0.3, 0.4) is 0 Å². The monoisotopic (exact) mass is 435 g/mol. The molecule has 3 aliphatic heterocycles. The summed E-state index contributed by atoms with van der Waals surface area (Å²) in [5, 5.41) is 0. The standard InChI is InChI=1S/C25H29N3O4/c1-26-10-12-27(13-11-26)25(30)22-17-6-4-5-7-18(17)24(29)28-9-8-16-14-20(31-2)21(32-3)15-19(16)23(22)28/h4-7,14-15,22-23H,8-13H2,1-3H3. The minimum atomic E-state index is -0.440. The van der Waals surface area contributed by atoms with E-state index in [9.17, 15) is 9.59 Å². The van der Waals surface area contributed by atoms with Crippen molar-refractivity contribution in [2.75, 3.05) is 54.0 Å². The molecule has 1 fully saturated rings.